The summed E-state index contributed by atoms with van der Waals surface area (Å²) in [6.07, 6.45) is 0.732. The van der Waals surface area contributed by atoms with E-state index in [-0.39, 0.29) is 5.69 Å². The molecule has 0 radical (unpaired) electrons. The van der Waals surface area contributed by atoms with Gasteiger partial charge in [0.15, 0.2) is 0 Å². The van der Waals surface area contributed by atoms with Crippen molar-refractivity contribution in [1.82, 2.24) is 4.98 Å². The number of nitrogens with zero attached hydrogens (tertiary/aromatic N) is 1. The second kappa shape index (κ2) is 5.30. The molecule has 0 N–H and O–H groups in total. The largest absolute Gasteiger partial charge is 0.418 e. The van der Waals surface area contributed by atoms with Crippen LogP contribution in [0, 0.1) is 0 Å². The van der Waals surface area contributed by atoms with Gasteiger partial charge in [0.05, 0.1) is 11.3 Å². The molecule has 0 atom stereocenters. The molecule has 0 fully saturated rings. The van der Waals surface area contributed by atoms with Gasteiger partial charge in [-0.05, 0) is 24.6 Å². The van der Waals surface area contributed by atoms with Crippen molar-refractivity contribution in [2.75, 3.05) is 5.33 Å². The molecular formula is C10H9BrF3N. The van der Waals surface area contributed by atoms with Gasteiger partial charge < -0.3 is 0 Å². The first-order valence-electron chi connectivity index (χ1n) is 4.30. The van der Waals surface area contributed by atoms with Crippen molar-refractivity contribution in [1.29, 1.82) is 0 Å². The number of halogens is 4. The first-order valence-corrected chi connectivity index (χ1v) is 5.42. The van der Waals surface area contributed by atoms with Gasteiger partial charge in [-0.3, -0.25) is 4.98 Å². The Kier molecular flexibility index (Phi) is 4.32. The van der Waals surface area contributed by atoms with Gasteiger partial charge in [-0.15, -0.1) is 0 Å². The lowest BCUT2D eigenvalue weighted by Gasteiger charge is -2.08. The fourth-order valence-electron chi connectivity index (χ4n) is 1.05. The molecule has 1 aromatic heterocycles. The summed E-state index contributed by atoms with van der Waals surface area (Å²) in [6, 6.07) is 2.31. The average molecular weight is 280 g/mol. The molecule has 1 nitrogen and oxygen atoms in total. The number of hydrogen-bond donors (Lipinski definition) is 0. The van der Waals surface area contributed by atoms with Crippen LogP contribution in [0.4, 0.5) is 13.2 Å². The van der Waals surface area contributed by atoms with E-state index in [9.17, 15) is 13.2 Å². The SMILES string of the molecule is FC(F)(F)c1cccnc1C=CCCBr. The average Bonchev–Trinajstić information content (AvgIpc) is 2.17. The first kappa shape index (κ1) is 12.2. The molecule has 1 heterocycles. The van der Waals surface area contributed by atoms with Crippen LogP contribution in [-0.4, -0.2) is 10.3 Å². The summed E-state index contributed by atoms with van der Waals surface area (Å²) in [4.78, 5) is 3.69. The number of hydrogen-bond acceptors (Lipinski definition) is 1. The predicted molar refractivity (Wildman–Crippen MR) is 56.7 cm³/mol. The predicted octanol–water partition coefficient (Wildman–Crippen LogP) is 3.90. The molecule has 1 rings (SSSR count). The van der Waals surface area contributed by atoms with Crippen LogP contribution in [-0.2, 0) is 6.18 Å². The Morgan fingerprint density at radius 1 is 1.40 bits per heavy atom. The minimum Gasteiger partial charge on any atom is -0.256 e. The summed E-state index contributed by atoms with van der Waals surface area (Å²) < 4.78 is 37.4. The Bertz CT molecular complexity index is 347. The van der Waals surface area contributed by atoms with E-state index in [4.69, 9.17) is 0 Å². The van der Waals surface area contributed by atoms with Gasteiger partial charge in [0.1, 0.15) is 0 Å². The van der Waals surface area contributed by atoms with Gasteiger partial charge in [0.2, 0.25) is 0 Å². The molecule has 0 aromatic carbocycles. The fraction of sp³-hybridized carbons (Fsp3) is 0.300. The van der Waals surface area contributed by atoms with Crippen molar-refractivity contribution >= 4 is 22.0 Å². The van der Waals surface area contributed by atoms with Gasteiger partial charge >= 0.3 is 6.18 Å². The molecule has 0 unspecified atom stereocenters. The monoisotopic (exact) mass is 279 g/mol. The summed E-state index contributed by atoms with van der Waals surface area (Å²) >= 11 is 3.19. The maximum atomic E-state index is 12.5. The molecule has 15 heavy (non-hydrogen) atoms. The zero-order valence-electron chi connectivity index (χ0n) is 7.76. The highest BCUT2D eigenvalue weighted by molar-refractivity contribution is 9.09. The number of rotatable bonds is 3. The Morgan fingerprint density at radius 2 is 2.13 bits per heavy atom. The molecule has 0 aliphatic heterocycles. The molecule has 0 saturated heterocycles. The van der Waals surface area contributed by atoms with Gasteiger partial charge in [-0.1, -0.05) is 22.0 Å². The second-order valence-corrected chi connectivity index (χ2v) is 3.61. The van der Waals surface area contributed by atoms with Crippen LogP contribution in [0.3, 0.4) is 0 Å². The van der Waals surface area contributed by atoms with Crippen LogP contribution in [0.15, 0.2) is 24.4 Å². The number of pyridine rings is 1. The van der Waals surface area contributed by atoms with Crippen LogP contribution in [0.5, 0.6) is 0 Å². The molecule has 0 aliphatic carbocycles. The quantitative estimate of drug-likeness (QED) is 0.765. The van der Waals surface area contributed by atoms with Crippen molar-refractivity contribution in [2.24, 2.45) is 0 Å². The third kappa shape index (κ3) is 3.66. The maximum absolute atomic E-state index is 12.5. The van der Waals surface area contributed by atoms with Crippen molar-refractivity contribution in [3.8, 4) is 0 Å². The summed E-state index contributed by atoms with van der Waals surface area (Å²) in [6.45, 7) is 0. The normalized spacial score (nSPS) is 12.3. The van der Waals surface area contributed by atoms with E-state index in [0.717, 1.165) is 11.4 Å². The van der Waals surface area contributed by atoms with Crippen molar-refractivity contribution in [3.05, 3.63) is 35.7 Å². The van der Waals surface area contributed by atoms with Crippen molar-refractivity contribution < 1.29 is 13.2 Å². The van der Waals surface area contributed by atoms with Crippen LogP contribution in [0.2, 0.25) is 0 Å². The Balaban J connectivity index is 2.97. The zero-order valence-corrected chi connectivity index (χ0v) is 9.35. The van der Waals surface area contributed by atoms with Gasteiger partial charge in [-0.25, -0.2) is 0 Å². The summed E-state index contributed by atoms with van der Waals surface area (Å²) in [5.41, 5.74) is -0.734. The highest BCUT2D eigenvalue weighted by Gasteiger charge is 2.32. The zero-order chi connectivity index (χ0) is 11.3. The van der Waals surface area contributed by atoms with E-state index < -0.39 is 11.7 Å². The fourth-order valence-corrected chi connectivity index (χ4v) is 1.31. The van der Waals surface area contributed by atoms with E-state index in [2.05, 4.69) is 20.9 Å². The molecule has 1 aromatic rings. The molecule has 0 amide bonds. The third-order valence-corrected chi connectivity index (χ3v) is 2.15. The molecule has 5 heteroatoms. The maximum Gasteiger partial charge on any atom is 0.418 e. The molecule has 0 spiro atoms. The molecule has 0 bridgehead atoms. The van der Waals surface area contributed by atoms with E-state index in [0.29, 0.717) is 6.42 Å². The molecule has 82 valence electrons. The third-order valence-electron chi connectivity index (χ3n) is 1.70. The molecule has 0 aliphatic rings. The van der Waals surface area contributed by atoms with Crippen LogP contribution in [0.25, 0.3) is 6.08 Å². The molecular weight excluding hydrogens is 271 g/mol. The number of aromatic nitrogens is 1. The lowest BCUT2D eigenvalue weighted by Crippen LogP contribution is -2.08. The van der Waals surface area contributed by atoms with Crippen molar-refractivity contribution in [2.45, 2.75) is 12.6 Å². The van der Waals surface area contributed by atoms with Gasteiger partial charge in [0, 0.05) is 11.5 Å². The lowest BCUT2D eigenvalue weighted by atomic mass is 10.1. The smallest absolute Gasteiger partial charge is 0.256 e. The van der Waals surface area contributed by atoms with Crippen LogP contribution in [0.1, 0.15) is 17.7 Å². The Hall–Kier alpha value is -0.840. The number of allylic oxidation sites excluding steroid dienone is 1. The van der Waals surface area contributed by atoms with E-state index in [1.165, 1.54) is 18.3 Å². The van der Waals surface area contributed by atoms with E-state index in [1.54, 1.807) is 6.08 Å². The standard InChI is InChI=1S/C10H9BrF3N/c11-6-2-1-5-9-8(10(12,13)14)4-3-7-15-9/h1,3-5,7H,2,6H2. The minimum atomic E-state index is -4.34. The summed E-state index contributed by atoms with van der Waals surface area (Å²) in [7, 11) is 0. The highest BCUT2D eigenvalue weighted by Crippen LogP contribution is 2.31. The van der Waals surface area contributed by atoms with E-state index in [1.807, 2.05) is 0 Å². The Labute approximate surface area is 94.2 Å². The first-order chi connectivity index (χ1) is 7.05. The van der Waals surface area contributed by atoms with Crippen molar-refractivity contribution in [3.63, 3.8) is 0 Å². The summed E-state index contributed by atoms with van der Waals surface area (Å²) in [5, 5.41) is 0.720. The Morgan fingerprint density at radius 3 is 2.73 bits per heavy atom. The lowest BCUT2D eigenvalue weighted by molar-refractivity contribution is -0.138. The van der Waals surface area contributed by atoms with E-state index >= 15 is 0 Å². The topological polar surface area (TPSA) is 12.9 Å². The summed E-state index contributed by atoms with van der Waals surface area (Å²) in [5.74, 6) is 0. The van der Waals surface area contributed by atoms with Gasteiger partial charge in [0.25, 0.3) is 0 Å². The minimum absolute atomic E-state index is 0.0362. The van der Waals surface area contributed by atoms with Crippen LogP contribution >= 0.6 is 15.9 Å². The number of alkyl halides is 4. The second-order valence-electron chi connectivity index (χ2n) is 2.81. The molecule has 0 saturated carbocycles. The van der Waals surface area contributed by atoms with Gasteiger partial charge in [-0.2, -0.15) is 13.2 Å². The van der Waals surface area contributed by atoms with Crippen LogP contribution < -0.4 is 0 Å². The highest BCUT2D eigenvalue weighted by atomic mass is 79.9.